The molecular weight excluding hydrogens is 416 g/mol. The number of nitrogens with zero attached hydrogens (tertiary/aromatic N) is 3. The average Bonchev–Trinajstić information content (AvgIpc) is 2.67. The van der Waals surface area contributed by atoms with Crippen molar-refractivity contribution in [2.75, 3.05) is 5.75 Å². The molecule has 0 N–H and O–H groups in total. The van der Waals surface area contributed by atoms with E-state index in [1.807, 2.05) is 0 Å². The van der Waals surface area contributed by atoms with E-state index in [4.69, 9.17) is 4.74 Å². The summed E-state index contributed by atoms with van der Waals surface area (Å²) in [6, 6.07) is 5.52. The van der Waals surface area contributed by atoms with E-state index in [9.17, 15) is 22.0 Å². The Bertz CT molecular complexity index is 1250. The van der Waals surface area contributed by atoms with Crippen LogP contribution >= 0.6 is 0 Å². The number of hydrogen-bond donors (Lipinski definition) is 0. The van der Waals surface area contributed by atoms with Crippen LogP contribution in [-0.2, 0) is 22.6 Å². The lowest BCUT2D eigenvalue weighted by Gasteiger charge is -2.11. The maximum Gasteiger partial charge on any atom is 0.322 e. The van der Waals surface area contributed by atoms with Gasteiger partial charge in [-0.25, -0.2) is 17.2 Å². The minimum absolute atomic E-state index is 0.0892. The summed E-state index contributed by atoms with van der Waals surface area (Å²) in [7, 11) is -1.85. The molecule has 1 aromatic carbocycles. The molecule has 0 aliphatic heterocycles. The third kappa shape index (κ3) is 4.88. The van der Waals surface area contributed by atoms with E-state index < -0.39 is 21.5 Å². The summed E-state index contributed by atoms with van der Waals surface area (Å²) in [5.41, 5.74) is 1.24. The van der Waals surface area contributed by atoms with Gasteiger partial charge in [0.15, 0.2) is 21.4 Å². The highest BCUT2D eigenvalue weighted by Gasteiger charge is 2.17. The fourth-order valence-corrected chi connectivity index (χ4v) is 3.54. The van der Waals surface area contributed by atoms with Crippen LogP contribution in [0.2, 0.25) is 0 Å². The Kier molecular flexibility index (Phi) is 5.97. The van der Waals surface area contributed by atoms with Crippen LogP contribution in [0, 0.1) is 18.6 Å². The molecule has 0 bridgehead atoms. The molecule has 0 atom stereocenters. The van der Waals surface area contributed by atoms with Gasteiger partial charge in [-0.3, -0.25) is 4.79 Å². The molecule has 7 nitrogen and oxygen atoms in total. The predicted octanol–water partition coefficient (Wildman–Crippen LogP) is 3.16. The molecule has 0 amide bonds. The SMILES string of the molecule is CCS(=O)(=O)Cc1cc(-c2cc(C)c(=O)n(C)c2)nc(Oc2ccc(F)cc2F)n1. The molecule has 0 saturated heterocycles. The molecule has 158 valence electrons. The first kappa shape index (κ1) is 21.6. The second-order valence-electron chi connectivity index (χ2n) is 6.71. The third-order valence-electron chi connectivity index (χ3n) is 4.32. The minimum Gasteiger partial charge on any atom is -0.421 e. The number of ether oxygens (including phenoxy) is 1. The lowest BCUT2D eigenvalue weighted by atomic mass is 10.1. The number of rotatable bonds is 6. The van der Waals surface area contributed by atoms with Gasteiger partial charge in [0, 0.05) is 36.2 Å². The van der Waals surface area contributed by atoms with Gasteiger partial charge in [0.25, 0.3) is 5.56 Å². The maximum atomic E-state index is 14.0. The lowest BCUT2D eigenvalue weighted by molar-refractivity contribution is 0.407. The zero-order chi connectivity index (χ0) is 22.1. The van der Waals surface area contributed by atoms with Gasteiger partial charge < -0.3 is 9.30 Å². The van der Waals surface area contributed by atoms with Crippen LogP contribution in [-0.4, -0.2) is 28.7 Å². The fraction of sp³-hybridized carbons (Fsp3) is 0.250. The molecule has 30 heavy (non-hydrogen) atoms. The van der Waals surface area contributed by atoms with Crippen LogP contribution < -0.4 is 10.3 Å². The summed E-state index contributed by atoms with van der Waals surface area (Å²) < 4.78 is 58.0. The Balaban J connectivity index is 2.12. The fourth-order valence-electron chi connectivity index (χ4n) is 2.74. The number of aryl methyl sites for hydroxylation is 2. The van der Waals surface area contributed by atoms with Gasteiger partial charge in [-0.05, 0) is 31.2 Å². The van der Waals surface area contributed by atoms with Gasteiger partial charge in [-0.1, -0.05) is 6.92 Å². The Hall–Kier alpha value is -3.14. The van der Waals surface area contributed by atoms with E-state index in [0.29, 0.717) is 22.9 Å². The number of sulfone groups is 1. The summed E-state index contributed by atoms with van der Waals surface area (Å²) in [5, 5.41) is 0. The van der Waals surface area contributed by atoms with Crippen LogP contribution in [0.3, 0.4) is 0 Å². The number of hydrogen-bond acceptors (Lipinski definition) is 6. The van der Waals surface area contributed by atoms with Crippen LogP contribution in [0.5, 0.6) is 11.8 Å². The summed E-state index contributed by atoms with van der Waals surface area (Å²) in [6.07, 6.45) is 1.54. The number of aromatic nitrogens is 3. The molecule has 0 spiro atoms. The molecule has 0 fully saturated rings. The van der Waals surface area contributed by atoms with E-state index >= 15 is 0 Å². The quantitative estimate of drug-likeness (QED) is 0.591. The summed E-state index contributed by atoms with van der Waals surface area (Å²) in [4.78, 5) is 20.3. The van der Waals surface area contributed by atoms with Crippen LogP contribution in [0.4, 0.5) is 8.78 Å². The lowest BCUT2D eigenvalue weighted by Crippen LogP contribution is -2.18. The first-order valence-corrected chi connectivity index (χ1v) is 10.8. The van der Waals surface area contributed by atoms with Crippen LogP contribution in [0.15, 0.2) is 41.3 Å². The van der Waals surface area contributed by atoms with Gasteiger partial charge in [-0.2, -0.15) is 9.97 Å². The second kappa shape index (κ2) is 8.31. The zero-order valence-electron chi connectivity index (χ0n) is 16.5. The van der Waals surface area contributed by atoms with Crippen molar-refractivity contribution in [2.24, 2.45) is 7.05 Å². The summed E-state index contributed by atoms with van der Waals surface area (Å²) in [6.45, 7) is 3.15. The van der Waals surface area contributed by atoms with Gasteiger partial charge in [0.1, 0.15) is 5.82 Å². The van der Waals surface area contributed by atoms with E-state index in [1.165, 1.54) is 23.8 Å². The molecule has 2 heterocycles. The third-order valence-corrected chi connectivity index (χ3v) is 5.93. The van der Waals surface area contributed by atoms with Crippen molar-refractivity contribution in [3.05, 3.63) is 69.8 Å². The topological polar surface area (TPSA) is 91.2 Å². The Morgan fingerprint density at radius 2 is 1.87 bits per heavy atom. The Morgan fingerprint density at radius 3 is 2.50 bits per heavy atom. The van der Waals surface area contributed by atoms with Crippen LogP contribution in [0.25, 0.3) is 11.3 Å². The minimum atomic E-state index is -3.42. The molecular formula is C20H19F2N3O4S. The van der Waals surface area contributed by atoms with Crippen molar-refractivity contribution in [3.63, 3.8) is 0 Å². The normalized spacial score (nSPS) is 11.5. The van der Waals surface area contributed by atoms with Crippen molar-refractivity contribution >= 4 is 9.84 Å². The van der Waals surface area contributed by atoms with Crippen molar-refractivity contribution in [3.8, 4) is 23.0 Å². The predicted molar refractivity (Wildman–Crippen MR) is 107 cm³/mol. The maximum absolute atomic E-state index is 14.0. The molecule has 2 aromatic heterocycles. The number of benzene rings is 1. The van der Waals surface area contributed by atoms with Gasteiger partial charge >= 0.3 is 6.01 Å². The molecule has 0 aliphatic rings. The second-order valence-corrected chi connectivity index (χ2v) is 9.06. The van der Waals surface area contributed by atoms with Crippen molar-refractivity contribution in [2.45, 2.75) is 19.6 Å². The van der Waals surface area contributed by atoms with Gasteiger partial charge in [0.05, 0.1) is 17.1 Å². The summed E-state index contributed by atoms with van der Waals surface area (Å²) >= 11 is 0. The molecule has 10 heteroatoms. The highest BCUT2D eigenvalue weighted by Crippen LogP contribution is 2.26. The molecule has 0 unspecified atom stereocenters. The van der Waals surface area contributed by atoms with Crippen molar-refractivity contribution in [1.29, 1.82) is 0 Å². The highest BCUT2D eigenvalue weighted by atomic mass is 32.2. The number of pyridine rings is 1. The molecule has 0 radical (unpaired) electrons. The number of halogens is 2. The van der Waals surface area contributed by atoms with Gasteiger partial charge in [0.2, 0.25) is 0 Å². The molecule has 3 rings (SSSR count). The first-order valence-electron chi connectivity index (χ1n) is 8.97. The monoisotopic (exact) mass is 435 g/mol. The van der Waals surface area contributed by atoms with Gasteiger partial charge in [-0.15, -0.1) is 0 Å². The van der Waals surface area contributed by atoms with E-state index in [1.54, 1.807) is 20.0 Å². The standard InChI is InChI=1S/C20H19F2N3O4S/c1-4-30(27,28)11-15-9-17(13-7-12(2)19(26)25(3)10-13)24-20(23-15)29-18-6-5-14(21)8-16(18)22/h5-10H,4,11H2,1-3H3. The molecule has 0 saturated carbocycles. The van der Waals surface area contributed by atoms with Crippen LogP contribution in [0.1, 0.15) is 18.2 Å². The van der Waals surface area contributed by atoms with Crippen molar-refractivity contribution in [1.82, 2.24) is 14.5 Å². The molecule has 0 aliphatic carbocycles. The van der Waals surface area contributed by atoms with E-state index in [-0.39, 0.29) is 34.5 Å². The Morgan fingerprint density at radius 1 is 1.13 bits per heavy atom. The Labute approximate surface area is 171 Å². The average molecular weight is 435 g/mol. The summed E-state index contributed by atoms with van der Waals surface area (Å²) in [5.74, 6) is -2.50. The zero-order valence-corrected chi connectivity index (χ0v) is 17.3. The van der Waals surface area contributed by atoms with Crippen molar-refractivity contribution < 1.29 is 21.9 Å². The molecule has 3 aromatic rings. The smallest absolute Gasteiger partial charge is 0.322 e. The van der Waals surface area contributed by atoms with E-state index in [2.05, 4.69) is 9.97 Å². The highest BCUT2D eigenvalue weighted by molar-refractivity contribution is 7.90. The largest absolute Gasteiger partial charge is 0.421 e. The van der Waals surface area contributed by atoms with E-state index in [0.717, 1.165) is 12.1 Å². The first-order chi connectivity index (χ1) is 14.1.